The molecule has 166 valence electrons. The number of carbonyl (C=O) groups excluding carboxylic acids is 1. The van der Waals surface area contributed by atoms with Crippen molar-refractivity contribution in [1.82, 2.24) is 0 Å². The lowest BCUT2D eigenvalue weighted by molar-refractivity contribution is -0.385. The van der Waals surface area contributed by atoms with Crippen LogP contribution in [0.5, 0.6) is 5.75 Å². The van der Waals surface area contributed by atoms with E-state index in [1.165, 1.54) is 39.5 Å². The lowest BCUT2D eigenvalue weighted by Crippen LogP contribution is -2.50. The summed E-state index contributed by atoms with van der Waals surface area (Å²) in [7, 11) is 4.37. The van der Waals surface area contributed by atoms with Crippen molar-refractivity contribution in [3.05, 3.63) is 69.8 Å². The van der Waals surface area contributed by atoms with Gasteiger partial charge in [0.15, 0.2) is 18.0 Å². The van der Waals surface area contributed by atoms with Crippen molar-refractivity contribution in [2.24, 2.45) is 0 Å². The zero-order chi connectivity index (χ0) is 22.6. The van der Waals surface area contributed by atoms with Crippen LogP contribution in [-0.4, -0.2) is 44.1 Å². The van der Waals surface area contributed by atoms with Gasteiger partial charge in [-0.3, -0.25) is 10.1 Å². The smallest absolute Gasteiger partial charge is 0.340 e. The number of nitro groups is 1. The molecule has 0 aromatic heterocycles. The lowest BCUT2D eigenvalue weighted by Gasteiger charge is -2.42. The number of fused-ring (bicyclic) bond motifs is 1. The largest absolute Gasteiger partial charge is 0.482 e. The minimum atomic E-state index is -1.01. The molecule has 31 heavy (non-hydrogen) atoms. The topological polar surface area (TPSA) is 106 Å². The Balaban J connectivity index is 1.97. The first-order valence-corrected chi connectivity index (χ1v) is 9.64. The molecule has 0 radical (unpaired) electrons. The molecule has 0 N–H and O–H groups in total. The molecular formula is C22H25NO8. The van der Waals surface area contributed by atoms with Gasteiger partial charge >= 0.3 is 5.97 Å². The van der Waals surface area contributed by atoms with E-state index < -0.39 is 35.0 Å². The lowest BCUT2D eigenvalue weighted by atomic mass is 9.89. The molecule has 9 heteroatoms. The van der Waals surface area contributed by atoms with Crippen molar-refractivity contribution in [3.63, 3.8) is 0 Å². The summed E-state index contributed by atoms with van der Waals surface area (Å²) < 4.78 is 28.1. The molecule has 1 aliphatic rings. The minimum Gasteiger partial charge on any atom is -0.482 e. The highest BCUT2D eigenvalue weighted by Crippen LogP contribution is 2.45. The Morgan fingerprint density at radius 1 is 1.13 bits per heavy atom. The molecule has 9 nitrogen and oxygen atoms in total. The summed E-state index contributed by atoms with van der Waals surface area (Å²) in [6.45, 7) is 1.76. The highest BCUT2D eigenvalue weighted by Gasteiger charge is 2.46. The number of methoxy groups -OCH3 is 3. The maximum Gasteiger partial charge on any atom is 0.340 e. The summed E-state index contributed by atoms with van der Waals surface area (Å²) >= 11 is 0. The first-order chi connectivity index (χ1) is 14.8. The van der Waals surface area contributed by atoms with E-state index >= 15 is 0 Å². The fourth-order valence-corrected chi connectivity index (χ4v) is 3.81. The van der Waals surface area contributed by atoms with Gasteiger partial charge in [-0.05, 0) is 18.6 Å². The normalized spacial score (nSPS) is 21.1. The molecule has 1 aliphatic heterocycles. The molecule has 1 heterocycles. The summed E-state index contributed by atoms with van der Waals surface area (Å²) in [6, 6.07) is 13.1. The molecule has 0 fully saturated rings. The van der Waals surface area contributed by atoms with Crippen molar-refractivity contribution in [3.8, 4) is 5.75 Å². The van der Waals surface area contributed by atoms with Crippen molar-refractivity contribution in [1.29, 1.82) is 0 Å². The molecule has 0 saturated carbocycles. The molecule has 0 saturated heterocycles. The highest BCUT2D eigenvalue weighted by atomic mass is 16.7. The van der Waals surface area contributed by atoms with Gasteiger partial charge in [0.2, 0.25) is 0 Å². The van der Waals surface area contributed by atoms with E-state index in [-0.39, 0.29) is 12.1 Å². The Bertz CT molecular complexity index is 930. The van der Waals surface area contributed by atoms with E-state index in [0.717, 1.165) is 0 Å². The Labute approximate surface area is 180 Å². The number of benzene rings is 2. The van der Waals surface area contributed by atoms with Crippen LogP contribution in [0.1, 0.15) is 36.7 Å². The molecule has 3 atom stereocenters. The van der Waals surface area contributed by atoms with Crippen LogP contribution < -0.4 is 4.74 Å². The Hall–Kier alpha value is -3.01. The minimum absolute atomic E-state index is 0.131. The fraction of sp³-hybridized carbons (Fsp3) is 0.409. The van der Waals surface area contributed by atoms with Gasteiger partial charge in [-0.1, -0.05) is 30.3 Å². The van der Waals surface area contributed by atoms with Gasteiger partial charge in [0, 0.05) is 45.4 Å². The molecule has 0 amide bonds. The van der Waals surface area contributed by atoms with Crippen LogP contribution in [0.4, 0.5) is 5.69 Å². The maximum absolute atomic E-state index is 13.0. The second-order valence-electron chi connectivity index (χ2n) is 7.35. The monoisotopic (exact) mass is 431 g/mol. The molecule has 2 aromatic carbocycles. The van der Waals surface area contributed by atoms with Crippen LogP contribution in [0.15, 0.2) is 48.5 Å². The van der Waals surface area contributed by atoms with E-state index in [2.05, 4.69) is 0 Å². The highest BCUT2D eigenvalue weighted by molar-refractivity contribution is 5.77. The van der Waals surface area contributed by atoms with Gasteiger partial charge in [-0.25, -0.2) is 4.79 Å². The van der Waals surface area contributed by atoms with Crippen molar-refractivity contribution in [2.75, 3.05) is 21.3 Å². The van der Waals surface area contributed by atoms with Gasteiger partial charge in [-0.2, -0.15) is 0 Å². The SMILES string of the molecule is COC(OC)[C@@]1(C)C[C@@H](OC(=O)[C@H](OC)c2ccccc2)c2cc([N+](=O)[O-])ccc2O1. The predicted octanol–water partition coefficient (Wildman–Crippen LogP) is 3.73. The Morgan fingerprint density at radius 3 is 2.39 bits per heavy atom. The summed E-state index contributed by atoms with van der Waals surface area (Å²) in [5.74, 6) is -0.267. The zero-order valence-corrected chi connectivity index (χ0v) is 17.8. The second kappa shape index (κ2) is 9.42. The van der Waals surface area contributed by atoms with Crippen LogP contribution in [-0.2, 0) is 23.7 Å². The van der Waals surface area contributed by atoms with Crippen LogP contribution in [0.2, 0.25) is 0 Å². The molecule has 0 bridgehead atoms. The Morgan fingerprint density at radius 2 is 1.81 bits per heavy atom. The van der Waals surface area contributed by atoms with Crippen molar-refractivity contribution in [2.45, 2.75) is 37.4 Å². The third-order valence-corrected chi connectivity index (χ3v) is 5.22. The fourth-order valence-electron chi connectivity index (χ4n) is 3.81. The molecule has 3 rings (SSSR count). The third-order valence-electron chi connectivity index (χ3n) is 5.22. The number of ether oxygens (including phenoxy) is 5. The summed E-state index contributed by atoms with van der Waals surface area (Å²) in [6.07, 6.45) is -2.39. The number of esters is 1. The van der Waals surface area contributed by atoms with Gasteiger partial charge in [0.25, 0.3) is 5.69 Å². The van der Waals surface area contributed by atoms with E-state index in [1.807, 2.05) is 6.07 Å². The van der Waals surface area contributed by atoms with E-state index in [0.29, 0.717) is 16.9 Å². The second-order valence-corrected chi connectivity index (χ2v) is 7.35. The third kappa shape index (κ3) is 4.68. The summed E-state index contributed by atoms with van der Waals surface area (Å²) in [5, 5.41) is 11.3. The van der Waals surface area contributed by atoms with Crippen LogP contribution in [0, 0.1) is 10.1 Å². The summed E-state index contributed by atoms with van der Waals surface area (Å²) in [4.78, 5) is 23.8. The van der Waals surface area contributed by atoms with Crippen LogP contribution in [0.3, 0.4) is 0 Å². The van der Waals surface area contributed by atoms with Gasteiger partial charge < -0.3 is 23.7 Å². The molecule has 2 aromatic rings. The van der Waals surface area contributed by atoms with Crippen LogP contribution >= 0.6 is 0 Å². The average molecular weight is 431 g/mol. The molecular weight excluding hydrogens is 406 g/mol. The Kier molecular flexibility index (Phi) is 6.89. The van der Waals surface area contributed by atoms with Gasteiger partial charge in [0.1, 0.15) is 11.9 Å². The first kappa shape index (κ1) is 22.7. The number of non-ortho nitro benzene ring substituents is 1. The van der Waals surface area contributed by atoms with E-state index in [9.17, 15) is 14.9 Å². The quantitative estimate of drug-likeness (QED) is 0.269. The van der Waals surface area contributed by atoms with E-state index in [4.69, 9.17) is 23.7 Å². The molecule has 0 spiro atoms. The number of nitrogens with zero attached hydrogens (tertiary/aromatic N) is 1. The standard InChI is InChI=1S/C22H25NO8/c1-22(21(28-3)29-4)13-18(16-12-15(23(25)26)10-11-17(16)31-22)30-20(24)19(27-2)14-8-6-5-7-9-14/h5-12,18-19,21H,13H2,1-4H3/t18-,19-,22-/m1/s1. The van der Waals surface area contributed by atoms with Gasteiger partial charge in [0.05, 0.1) is 4.92 Å². The average Bonchev–Trinajstić information content (AvgIpc) is 2.75. The number of carbonyl (C=O) groups is 1. The summed E-state index contributed by atoms with van der Waals surface area (Å²) in [5.41, 5.74) is -0.106. The number of nitro benzene ring substituents is 1. The molecule has 0 aliphatic carbocycles. The number of rotatable bonds is 8. The maximum atomic E-state index is 13.0. The predicted molar refractivity (Wildman–Crippen MR) is 110 cm³/mol. The van der Waals surface area contributed by atoms with Gasteiger partial charge in [-0.15, -0.1) is 0 Å². The number of hydrogen-bond acceptors (Lipinski definition) is 8. The first-order valence-electron chi connectivity index (χ1n) is 9.64. The van der Waals surface area contributed by atoms with Crippen molar-refractivity contribution >= 4 is 11.7 Å². The van der Waals surface area contributed by atoms with Crippen molar-refractivity contribution < 1.29 is 33.4 Å². The van der Waals surface area contributed by atoms with E-state index in [1.54, 1.807) is 31.2 Å². The number of hydrogen-bond donors (Lipinski definition) is 0. The zero-order valence-electron chi connectivity index (χ0n) is 17.8. The molecule has 0 unspecified atom stereocenters. The van der Waals surface area contributed by atoms with Crippen LogP contribution in [0.25, 0.3) is 0 Å².